The molecule has 19 heavy (non-hydrogen) atoms. The predicted molar refractivity (Wildman–Crippen MR) is 75.2 cm³/mol. The van der Waals surface area contributed by atoms with Crippen molar-refractivity contribution in [2.45, 2.75) is 46.1 Å². The van der Waals surface area contributed by atoms with E-state index in [2.05, 4.69) is 12.1 Å². The van der Waals surface area contributed by atoms with E-state index in [1.165, 1.54) is 6.42 Å². The van der Waals surface area contributed by atoms with E-state index in [0.29, 0.717) is 18.9 Å². The van der Waals surface area contributed by atoms with Crippen LogP contribution in [0.15, 0.2) is 5.16 Å². The Morgan fingerprint density at radius 2 is 2.26 bits per heavy atom. The van der Waals surface area contributed by atoms with Crippen LogP contribution in [0.2, 0.25) is 0 Å². The molecule has 0 aromatic carbocycles. The van der Waals surface area contributed by atoms with Crippen LogP contribution < -0.4 is 5.73 Å². The maximum atomic E-state index is 12.5. The molecule has 6 nitrogen and oxygen atoms in total. The number of piperidine rings is 1. The molecule has 2 amide bonds. The fourth-order valence-corrected chi connectivity index (χ4v) is 2.40. The summed E-state index contributed by atoms with van der Waals surface area (Å²) in [6.07, 6.45) is 2.65. The Hall–Kier alpha value is -1.46. The number of carbonyl (C=O) groups is 1. The van der Waals surface area contributed by atoms with E-state index in [-0.39, 0.29) is 17.9 Å². The van der Waals surface area contributed by atoms with Gasteiger partial charge in [0.25, 0.3) is 0 Å². The fourth-order valence-electron chi connectivity index (χ4n) is 2.40. The molecule has 1 unspecified atom stereocenters. The molecule has 1 heterocycles. The molecule has 0 aromatic rings. The Bertz CT molecular complexity index is 331. The van der Waals surface area contributed by atoms with Gasteiger partial charge in [0.2, 0.25) is 0 Å². The van der Waals surface area contributed by atoms with Crippen molar-refractivity contribution in [2.24, 2.45) is 16.8 Å². The predicted octanol–water partition coefficient (Wildman–Crippen LogP) is 1.69. The summed E-state index contributed by atoms with van der Waals surface area (Å²) in [6.45, 7) is 8.28. The first kappa shape index (κ1) is 15.6. The second kappa shape index (κ2) is 7.21. The second-order valence-corrected chi connectivity index (χ2v) is 5.60. The zero-order chi connectivity index (χ0) is 14.4. The van der Waals surface area contributed by atoms with Gasteiger partial charge in [-0.25, -0.2) is 4.79 Å². The summed E-state index contributed by atoms with van der Waals surface area (Å²) in [5.41, 5.74) is 5.47. The molecule has 0 bridgehead atoms. The summed E-state index contributed by atoms with van der Waals surface area (Å²) in [4.78, 5) is 16.2. The third kappa shape index (κ3) is 4.61. The van der Waals surface area contributed by atoms with Crippen molar-refractivity contribution in [3.63, 3.8) is 0 Å². The average Bonchev–Trinajstić information content (AvgIpc) is 2.38. The molecule has 0 spiro atoms. The molecule has 1 fully saturated rings. The normalized spacial score (nSPS) is 20.7. The number of amides is 2. The molecule has 0 radical (unpaired) electrons. The minimum Gasteiger partial charge on any atom is -0.409 e. The molecule has 110 valence electrons. The van der Waals surface area contributed by atoms with Crippen LogP contribution in [-0.2, 0) is 0 Å². The molecule has 0 saturated carbocycles. The van der Waals surface area contributed by atoms with Crippen molar-refractivity contribution in [3.8, 4) is 0 Å². The topological polar surface area (TPSA) is 82.2 Å². The number of hydrogen-bond acceptors (Lipinski definition) is 3. The second-order valence-electron chi connectivity index (χ2n) is 5.60. The number of rotatable bonds is 4. The van der Waals surface area contributed by atoms with Crippen LogP contribution in [0.4, 0.5) is 4.79 Å². The van der Waals surface area contributed by atoms with Gasteiger partial charge in [0.15, 0.2) is 0 Å². The molecule has 1 atom stereocenters. The fraction of sp³-hybridized carbons (Fsp3) is 0.846. The molecule has 1 aliphatic rings. The lowest BCUT2D eigenvalue weighted by atomic mass is 10.0. The maximum absolute atomic E-state index is 12.5. The van der Waals surface area contributed by atoms with Crippen molar-refractivity contribution in [1.29, 1.82) is 0 Å². The molecular weight excluding hydrogens is 244 g/mol. The molecule has 3 N–H and O–H groups in total. The minimum absolute atomic E-state index is 0.0623. The number of likely N-dealkylation sites (tertiary alicyclic amines) is 1. The Morgan fingerprint density at radius 3 is 2.79 bits per heavy atom. The molecular formula is C13H26N4O2. The Kier molecular flexibility index (Phi) is 5.92. The van der Waals surface area contributed by atoms with Crippen LogP contribution in [0.5, 0.6) is 0 Å². The smallest absolute Gasteiger partial charge is 0.320 e. The number of amidine groups is 1. The summed E-state index contributed by atoms with van der Waals surface area (Å²) in [5, 5.41) is 11.5. The quantitative estimate of drug-likeness (QED) is 0.353. The summed E-state index contributed by atoms with van der Waals surface area (Å²) < 4.78 is 0. The van der Waals surface area contributed by atoms with Crippen molar-refractivity contribution in [3.05, 3.63) is 0 Å². The zero-order valence-electron chi connectivity index (χ0n) is 12.2. The maximum Gasteiger partial charge on any atom is 0.320 e. The lowest BCUT2D eigenvalue weighted by Gasteiger charge is -2.37. The highest BCUT2D eigenvalue weighted by Crippen LogP contribution is 2.18. The van der Waals surface area contributed by atoms with E-state index >= 15 is 0 Å². The summed E-state index contributed by atoms with van der Waals surface area (Å²) in [7, 11) is 0. The summed E-state index contributed by atoms with van der Waals surface area (Å²) in [6, 6.07) is 0.170. The van der Waals surface area contributed by atoms with Gasteiger partial charge in [-0.1, -0.05) is 12.1 Å². The minimum atomic E-state index is 0.0623. The van der Waals surface area contributed by atoms with Gasteiger partial charge < -0.3 is 20.7 Å². The number of carbonyl (C=O) groups excluding carboxylic acids is 1. The van der Waals surface area contributed by atoms with E-state index in [1.54, 1.807) is 4.90 Å². The largest absolute Gasteiger partial charge is 0.409 e. The first-order valence-electron chi connectivity index (χ1n) is 6.97. The third-order valence-corrected chi connectivity index (χ3v) is 3.53. The highest BCUT2D eigenvalue weighted by Gasteiger charge is 2.26. The van der Waals surface area contributed by atoms with Gasteiger partial charge in [-0.3, -0.25) is 0 Å². The molecule has 0 aromatic heterocycles. The van der Waals surface area contributed by atoms with Crippen molar-refractivity contribution in [2.75, 3.05) is 19.6 Å². The van der Waals surface area contributed by atoms with Crippen LogP contribution >= 0.6 is 0 Å². The third-order valence-electron chi connectivity index (χ3n) is 3.53. The van der Waals surface area contributed by atoms with E-state index < -0.39 is 0 Å². The molecule has 1 aliphatic heterocycles. The van der Waals surface area contributed by atoms with Crippen molar-refractivity contribution < 1.29 is 10.0 Å². The van der Waals surface area contributed by atoms with Crippen molar-refractivity contribution in [1.82, 2.24) is 9.80 Å². The SMILES string of the molecule is CC1CCCN(C(=O)N(CCC(N)=NO)C(C)C)C1. The van der Waals surface area contributed by atoms with Crippen LogP contribution in [0.25, 0.3) is 0 Å². The van der Waals surface area contributed by atoms with Gasteiger partial charge in [0.05, 0.1) is 0 Å². The lowest BCUT2D eigenvalue weighted by molar-refractivity contribution is 0.121. The standard InChI is InChI=1S/C13H26N4O2/c1-10(2)17(8-6-12(14)15-19)13(18)16-7-4-5-11(3)9-16/h10-11,19H,4-9H2,1-3H3,(H2,14,15). The van der Waals surface area contributed by atoms with E-state index in [9.17, 15) is 4.79 Å². The van der Waals surface area contributed by atoms with Crippen LogP contribution in [-0.4, -0.2) is 52.5 Å². The van der Waals surface area contributed by atoms with Gasteiger partial charge in [-0.2, -0.15) is 0 Å². The average molecular weight is 270 g/mol. The monoisotopic (exact) mass is 270 g/mol. The van der Waals surface area contributed by atoms with Gasteiger partial charge in [0.1, 0.15) is 5.84 Å². The lowest BCUT2D eigenvalue weighted by Crippen LogP contribution is -2.50. The number of hydrogen-bond donors (Lipinski definition) is 2. The number of nitrogens with two attached hydrogens (primary N) is 1. The van der Waals surface area contributed by atoms with Crippen LogP contribution in [0, 0.1) is 5.92 Å². The number of oxime groups is 1. The first-order chi connectivity index (χ1) is 8.95. The summed E-state index contributed by atoms with van der Waals surface area (Å²) >= 11 is 0. The van der Waals surface area contributed by atoms with Gasteiger partial charge in [0, 0.05) is 32.1 Å². The van der Waals surface area contributed by atoms with Gasteiger partial charge in [-0.05, 0) is 32.6 Å². The molecule has 1 saturated heterocycles. The van der Waals surface area contributed by atoms with Gasteiger partial charge in [-0.15, -0.1) is 0 Å². The number of urea groups is 1. The molecule has 6 heteroatoms. The van der Waals surface area contributed by atoms with E-state index in [1.807, 2.05) is 18.7 Å². The Morgan fingerprint density at radius 1 is 1.58 bits per heavy atom. The Labute approximate surface area is 115 Å². The highest BCUT2D eigenvalue weighted by atomic mass is 16.4. The van der Waals surface area contributed by atoms with Gasteiger partial charge >= 0.3 is 6.03 Å². The van der Waals surface area contributed by atoms with Crippen LogP contribution in [0.3, 0.4) is 0 Å². The van der Waals surface area contributed by atoms with Crippen LogP contribution in [0.1, 0.15) is 40.0 Å². The van der Waals surface area contributed by atoms with E-state index in [4.69, 9.17) is 10.9 Å². The zero-order valence-corrected chi connectivity index (χ0v) is 12.2. The summed E-state index contributed by atoms with van der Waals surface area (Å²) in [5.74, 6) is 0.723. The molecule has 1 rings (SSSR count). The number of nitrogens with zero attached hydrogens (tertiary/aromatic N) is 3. The first-order valence-corrected chi connectivity index (χ1v) is 6.97. The highest BCUT2D eigenvalue weighted by molar-refractivity contribution is 5.81. The van der Waals surface area contributed by atoms with E-state index in [0.717, 1.165) is 19.5 Å². The van der Waals surface area contributed by atoms with Crippen molar-refractivity contribution >= 4 is 11.9 Å². The Balaban J connectivity index is 2.61. The molecule has 0 aliphatic carbocycles.